The Labute approximate surface area is 142 Å². The predicted molar refractivity (Wildman–Crippen MR) is 90.2 cm³/mol. The van der Waals surface area contributed by atoms with E-state index in [2.05, 4.69) is 24.0 Å². The van der Waals surface area contributed by atoms with Crippen molar-refractivity contribution in [2.24, 2.45) is 5.73 Å². The number of aromatic nitrogens is 2. The van der Waals surface area contributed by atoms with Crippen LogP contribution in [0.1, 0.15) is 33.1 Å². The molecule has 0 aromatic carbocycles. The fourth-order valence-corrected chi connectivity index (χ4v) is 5.19. The largest absolute Gasteiger partial charge is 0.369 e. The van der Waals surface area contributed by atoms with Crippen LogP contribution >= 0.6 is 34.9 Å². The highest BCUT2D eigenvalue weighted by atomic mass is 32.2. The van der Waals surface area contributed by atoms with Crippen LogP contribution in [0.15, 0.2) is 8.68 Å². The SMILES string of the molecule is CC1CCCC(C)N1C(=O)CSc1nnc(SCC(N)=O)s1. The van der Waals surface area contributed by atoms with Crippen molar-refractivity contribution in [2.75, 3.05) is 11.5 Å². The minimum Gasteiger partial charge on any atom is -0.369 e. The molecule has 6 nitrogen and oxygen atoms in total. The molecule has 2 amide bonds. The number of carbonyl (C=O) groups excluding carboxylic acids is 2. The lowest BCUT2D eigenvalue weighted by molar-refractivity contribution is -0.134. The summed E-state index contributed by atoms with van der Waals surface area (Å²) < 4.78 is 1.45. The number of piperidine rings is 1. The van der Waals surface area contributed by atoms with Crippen molar-refractivity contribution in [1.82, 2.24) is 15.1 Å². The van der Waals surface area contributed by atoms with Gasteiger partial charge in [0.2, 0.25) is 11.8 Å². The number of rotatable bonds is 6. The van der Waals surface area contributed by atoms with Crippen LogP contribution in [0.4, 0.5) is 0 Å². The second-order valence-corrected chi connectivity index (χ2v) is 8.73. The van der Waals surface area contributed by atoms with E-state index in [1.807, 2.05) is 4.90 Å². The zero-order chi connectivity index (χ0) is 16.1. The zero-order valence-corrected chi connectivity index (χ0v) is 15.1. The van der Waals surface area contributed by atoms with E-state index in [9.17, 15) is 9.59 Å². The van der Waals surface area contributed by atoms with Gasteiger partial charge in [-0.25, -0.2) is 0 Å². The molecule has 0 aliphatic carbocycles. The summed E-state index contributed by atoms with van der Waals surface area (Å²) in [5.74, 6) is 0.356. The van der Waals surface area contributed by atoms with Crippen molar-refractivity contribution in [3.05, 3.63) is 0 Å². The number of hydrogen-bond donors (Lipinski definition) is 1. The number of hydrogen-bond acceptors (Lipinski definition) is 7. The van der Waals surface area contributed by atoms with Crippen molar-refractivity contribution >= 4 is 46.7 Å². The van der Waals surface area contributed by atoms with Crippen molar-refractivity contribution in [3.8, 4) is 0 Å². The Bertz CT molecular complexity index is 527. The molecule has 0 saturated carbocycles. The first kappa shape index (κ1) is 17.6. The molecule has 1 fully saturated rings. The Morgan fingerprint density at radius 2 is 1.73 bits per heavy atom. The van der Waals surface area contributed by atoms with Gasteiger partial charge < -0.3 is 10.6 Å². The molecule has 0 spiro atoms. The molecule has 2 N–H and O–H groups in total. The van der Waals surface area contributed by atoms with Gasteiger partial charge in [-0.15, -0.1) is 10.2 Å². The highest BCUT2D eigenvalue weighted by molar-refractivity contribution is 8.03. The highest BCUT2D eigenvalue weighted by Gasteiger charge is 2.28. The van der Waals surface area contributed by atoms with Crippen LogP contribution in [0.2, 0.25) is 0 Å². The molecule has 122 valence electrons. The Morgan fingerprint density at radius 1 is 1.18 bits per heavy atom. The van der Waals surface area contributed by atoms with Gasteiger partial charge in [-0.05, 0) is 33.1 Å². The van der Waals surface area contributed by atoms with Gasteiger partial charge in [-0.1, -0.05) is 34.9 Å². The van der Waals surface area contributed by atoms with Crippen molar-refractivity contribution in [2.45, 2.75) is 53.9 Å². The average Bonchev–Trinajstić information content (AvgIpc) is 2.90. The predicted octanol–water partition coefficient (Wildman–Crippen LogP) is 2.00. The van der Waals surface area contributed by atoms with Gasteiger partial charge >= 0.3 is 0 Å². The monoisotopic (exact) mass is 360 g/mol. The molecule has 0 radical (unpaired) electrons. The average molecular weight is 361 g/mol. The quantitative estimate of drug-likeness (QED) is 0.781. The van der Waals surface area contributed by atoms with Crippen LogP contribution in [0.3, 0.4) is 0 Å². The highest BCUT2D eigenvalue weighted by Crippen LogP contribution is 2.30. The van der Waals surface area contributed by atoms with E-state index in [1.54, 1.807) is 0 Å². The van der Waals surface area contributed by atoms with Crippen LogP contribution in [-0.2, 0) is 9.59 Å². The van der Waals surface area contributed by atoms with Crippen LogP contribution in [-0.4, -0.2) is 50.5 Å². The zero-order valence-electron chi connectivity index (χ0n) is 12.7. The number of likely N-dealkylation sites (tertiary alicyclic amines) is 1. The van der Waals surface area contributed by atoms with Gasteiger partial charge in [0.05, 0.1) is 11.5 Å². The number of amides is 2. The van der Waals surface area contributed by atoms with E-state index >= 15 is 0 Å². The minimum absolute atomic E-state index is 0.159. The van der Waals surface area contributed by atoms with Gasteiger partial charge in [0.1, 0.15) is 0 Å². The Morgan fingerprint density at radius 3 is 2.27 bits per heavy atom. The van der Waals surface area contributed by atoms with E-state index in [4.69, 9.17) is 5.73 Å². The molecular weight excluding hydrogens is 340 g/mol. The number of nitrogens with zero attached hydrogens (tertiary/aromatic N) is 3. The van der Waals surface area contributed by atoms with Gasteiger partial charge in [0, 0.05) is 12.1 Å². The first-order valence-electron chi connectivity index (χ1n) is 7.16. The molecule has 1 aromatic rings. The molecule has 1 aliphatic heterocycles. The molecule has 0 bridgehead atoms. The minimum atomic E-state index is -0.377. The standard InChI is InChI=1S/C13H20N4O2S3/c1-8-4-3-5-9(2)17(8)11(19)7-21-13-16-15-12(22-13)20-6-10(14)18/h8-9H,3-7H2,1-2H3,(H2,14,18). The fraction of sp³-hybridized carbons (Fsp3) is 0.692. The number of primary amides is 1. The summed E-state index contributed by atoms with van der Waals surface area (Å²) in [6, 6.07) is 0.626. The van der Waals surface area contributed by atoms with Crippen LogP contribution in [0, 0.1) is 0 Å². The molecule has 2 atom stereocenters. The second-order valence-electron chi connectivity index (χ2n) is 5.31. The summed E-state index contributed by atoms with van der Waals surface area (Å²) >= 11 is 4.07. The maximum Gasteiger partial charge on any atom is 0.233 e. The molecule has 1 saturated heterocycles. The molecule has 2 rings (SSSR count). The van der Waals surface area contributed by atoms with Crippen molar-refractivity contribution in [1.29, 1.82) is 0 Å². The lowest BCUT2D eigenvalue weighted by atomic mass is 9.98. The fourth-order valence-electron chi connectivity index (χ4n) is 2.56. The summed E-state index contributed by atoms with van der Waals surface area (Å²) in [6.07, 6.45) is 3.34. The molecule has 2 unspecified atom stereocenters. The van der Waals surface area contributed by atoms with Gasteiger partial charge in [0.15, 0.2) is 8.68 Å². The molecule has 9 heteroatoms. The Kier molecular flexibility index (Phi) is 6.51. The van der Waals surface area contributed by atoms with Crippen molar-refractivity contribution in [3.63, 3.8) is 0 Å². The summed E-state index contributed by atoms with van der Waals surface area (Å²) in [4.78, 5) is 25.1. The Balaban J connectivity index is 1.84. The molecule has 1 aliphatic rings. The summed E-state index contributed by atoms with van der Waals surface area (Å²) in [5, 5.41) is 8.02. The summed E-state index contributed by atoms with van der Waals surface area (Å²) in [6.45, 7) is 4.23. The van der Waals surface area contributed by atoms with E-state index in [-0.39, 0.29) is 17.6 Å². The van der Waals surface area contributed by atoms with Gasteiger partial charge in [0.25, 0.3) is 0 Å². The lowest BCUT2D eigenvalue weighted by Crippen LogP contribution is -2.48. The maximum absolute atomic E-state index is 12.4. The molecule has 22 heavy (non-hydrogen) atoms. The van der Waals surface area contributed by atoms with Crippen LogP contribution < -0.4 is 5.73 Å². The second kappa shape index (κ2) is 8.16. The Hall–Kier alpha value is -0.800. The topological polar surface area (TPSA) is 89.2 Å². The third kappa shape index (κ3) is 4.85. The van der Waals surface area contributed by atoms with Gasteiger partial charge in [-0.3, -0.25) is 9.59 Å². The number of nitrogens with two attached hydrogens (primary N) is 1. The van der Waals surface area contributed by atoms with Crippen LogP contribution in [0.5, 0.6) is 0 Å². The van der Waals surface area contributed by atoms with E-state index < -0.39 is 0 Å². The van der Waals surface area contributed by atoms with Crippen molar-refractivity contribution < 1.29 is 9.59 Å². The lowest BCUT2D eigenvalue weighted by Gasteiger charge is -2.39. The van der Waals surface area contributed by atoms with E-state index in [1.165, 1.54) is 41.3 Å². The molecule has 2 heterocycles. The number of thioether (sulfide) groups is 2. The molecule has 1 aromatic heterocycles. The molecular formula is C13H20N4O2S3. The summed E-state index contributed by atoms with van der Waals surface area (Å²) in [7, 11) is 0. The third-order valence-corrected chi connectivity index (χ3v) is 6.72. The van der Waals surface area contributed by atoms with Gasteiger partial charge in [-0.2, -0.15) is 0 Å². The first-order valence-corrected chi connectivity index (χ1v) is 9.94. The van der Waals surface area contributed by atoms with Crippen LogP contribution in [0.25, 0.3) is 0 Å². The van der Waals surface area contributed by atoms with E-state index in [0.717, 1.165) is 17.2 Å². The number of carbonyl (C=O) groups is 2. The van der Waals surface area contributed by atoms with E-state index in [0.29, 0.717) is 22.2 Å². The first-order chi connectivity index (χ1) is 10.5. The maximum atomic E-state index is 12.4. The smallest absolute Gasteiger partial charge is 0.233 e. The third-order valence-electron chi connectivity index (χ3n) is 3.53. The summed E-state index contributed by atoms with van der Waals surface area (Å²) in [5.41, 5.74) is 5.10. The normalized spacial score (nSPS) is 21.8.